The molecule has 10 heteroatoms. The zero-order chi connectivity index (χ0) is 31.1. The largest absolute Gasteiger partial charge is 0.453 e. The third-order valence-corrected chi connectivity index (χ3v) is 8.60. The number of imidazole rings is 1. The molecule has 44 heavy (non-hydrogen) atoms. The molecule has 1 aliphatic heterocycles. The number of aryl methyl sites for hydroxylation is 1. The molecular formula is C34H37N3O6S. The van der Waals surface area contributed by atoms with Gasteiger partial charge in [0, 0.05) is 50.6 Å². The van der Waals surface area contributed by atoms with Crippen molar-refractivity contribution in [1.82, 2.24) is 14.9 Å². The molecule has 5 rings (SSSR count). The Bertz CT molecular complexity index is 1560. The molecule has 1 aromatic heterocycles. The van der Waals surface area contributed by atoms with E-state index in [1.165, 1.54) is 6.92 Å². The van der Waals surface area contributed by atoms with Crippen molar-refractivity contribution in [3.8, 4) is 11.1 Å². The van der Waals surface area contributed by atoms with Crippen LogP contribution in [0.1, 0.15) is 54.9 Å². The van der Waals surface area contributed by atoms with Crippen LogP contribution in [0.5, 0.6) is 0 Å². The molecular weight excluding hydrogens is 578 g/mol. The lowest BCUT2D eigenvalue weighted by molar-refractivity contribution is -0.245. The molecule has 0 radical (unpaired) electrons. The van der Waals surface area contributed by atoms with Gasteiger partial charge >= 0.3 is 5.97 Å². The van der Waals surface area contributed by atoms with Gasteiger partial charge < -0.3 is 29.2 Å². The van der Waals surface area contributed by atoms with E-state index in [0.717, 1.165) is 44.3 Å². The van der Waals surface area contributed by atoms with Crippen molar-refractivity contribution in [3.63, 3.8) is 0 Å². The summed E-state index contributed by atoms with van der Waals surface area (Å²) in [6, 6.07) is 23.9. The second-order valence-corrected chi connectivity index (χ2v) is 11.8. The van der Waals surface area contributed by atoms with E-state index in [1.807, 2.05) is 90.6 Å². The first kappa shape index (κ1) is 31.5. The lowest BCUT2D eigenvalue weighted by Gasteiger charge is -2.36. The summed E-state index contributed by atoms with van der Waals surface area (Å²) in [6.45, 7) is 3.14. The number of aromatic nitrogens is 2. The number of thioether (sulfide) groups is 1. The topological polar surface area (TPSA) is 112 Å². The number of esters is 1. The molecule has 230 valence electrons. The van der Waals surface area contributed by atoms with E-state index in [4.69, 9.17) is 14.2 Å². The number of ether oxygens (including phenoxy) is 3. The predicted molar refractivity (Wildman–Crippen MR) is 167 cm³/mol. The standard InChI is InChI=1S/C34H37N3O6S/c1-22(41-23(2)39)32(40)36-19-25-5-4-6-29(17-25)26-11-13-28(14-12-26)33-42-30(21-44-34-35-15-16-37(34)3)18-31(43-33)27-9-7-24(20-38)8-10-27/h4-17,22,30-31,33,38H,18-21H2,1-3H3,(H,36,40)/t22-,30-,31+,33+/m0/s1. The summed E-state index contributed by atoms with van der Waals surface area (Å²) < 4.78 is 19.9. The second-order valence-electron chi connectivity index (χ2n) is 10.8. The molecule has 1 amide bonds. The Hall–Kier alpha value is -3.96. The molecule has 2 heterocycles. The number of aliphatic hydroxyl groups excluding tert-OH is 1. The van der Waals surface area contributed by atoms with E-state index < -0.39 is 18.4 Å². The highest BCUT2D eigenvalue weighted by molar-refractivity contribution is 7.99. The summed E-state index contributed by atoms with van der Waals surface area (Å²) in [5.74, 6) is -0.105. The van der Waals surface area contributed by atoms with Crippen LogP contribution in [0.15, 0.2) is 90.3 Å². The van der Waals surface area contributed by atoms with Crippen molar-refractivity contribution in [2.75, 3.05) is 5.75 Å². The first-order valence-corrected chi connectivity index (χ1v) is 15.5. The van der Waals surface area contributed by atoms with Crippen LogP contribution in [-0.4, -0.2) is 44.5 Å². The maximum absolute atomic E-state index is 12.2. The minimum Gasteiger partial charge on any atom is -0.453 e. The Morgan fingerprint density at radius 1 is 1.05 bits per heavy atom. The highest BCUT2D eigenvalue weighted by Crippen LogP contribution is 2.39. The van der Waals surface area contributed by atoms with Crippen LogP contribution in [0.3, 0.4) is 0 Å². The molecule has 4 aromatic rings. The van der Waals surface area contributed by atoms with Gasteiger partial charge in [-0.2, -0.15) is 0 Å². The van der Waals surface area contributed by atoms with Crippen LogP contribution in [0.4, 0.5) is 0 Å². The highest BCUT2D eigenvalue weighted by Gasteiger charge is 2.32. The number of rotatable bonds is 11. The van der Waals surface area contributed by atoms with E-state index in [2.05, 4.69) is 10.3 Å². The monoisotopic (exact) mass is 615 g/mol. The number of hydrogen-bond donors (Lipinski definition) is 2. The van der Waals surface area contributed by atoms with Gasteiger partial charge in [-0.15, -0.1) is 0 Å². The van der Waals surface area contributed by atoms with Gasteiger partial charge in [0.05, 0.1) is 18.8 Å². The average Bonchev–Trinajstić information content (AvgIpc) is 3.46. The molecule has 1 saturated heterocycles. The summed E-state index contributed by atoms with van der Waals surface area (Å²) in [5.41, 5.74) is 5.78. The zero-order valence-electron chi connectivity index (χ0n) is 25.0. The third-order valence-electron chi connectivity index (χ3n) is 7.41. The van der Waals surface area contributed by atoms with Gasteiger partial charge in [-0.25, -0.2) is 4.98 Å². The van der Waals surface area contributed by atoms with Crippen molar-refractivity contribution in [3.05, 3.63) is 107 Å². The molecule has 1 fully saturated rings. The van der Waals surface area contributed by atoms with Gasteiger partial charge in [0.25, 0.3) is 5.91 Å². The number of amides is 1. The molecule has 2 N–H and O–H groups in total. The minimum atomic E-state index is -0.847. The Morgan fingerprint density at radius 2 is 1.80 bits per heavy atom. The Morgan fingerprint density at radius 3 is 2.48 bits per heavy atom. The summed E-state index contributed by atoms with van der Waals surface area (Å²) in [6.07, 6.45) is 2.81. The maximum Gasteiger partial charge on any atom is 0.303 e. The quantitative estimate of drug-likeness (QED) is 0.168. The van der Waals surface area contributed by atoms with E-state index >= 15 is 0 Å². The molecule has 0 aliphatic carbocycles. The van der Waals surface area contributed by atoms with Gasteiger partial charge in [0.15, 0.2) is 17.6 Å². The van der Waals surface area contributed by atoms with E-state index in [1.54, 1.807) is 24.9 Å². The van der Waals surface area contributed by atoms with Crippen LogP contribution >= 0.6 is 11.8 Å². The van der Waals surface area contributed by atoms with Crippen molar-refractivity contribution in [2.24, 2.45) is 7.05 Å². The average molecular weight is 616 g/mol. The first-order valence-electron chi connectivity index (χ1n) is 14.5. The molecule has 0 bridgehead atoms. The highest BCUT2D eigenvalue weighted by atomic mass is 32.2. The fourth-order valence-electron chi connectivity index (χ4n) is 5.01. The number of nitrogens with one attached hydrogen (secondary N) is 1. The second kappa shape index (κ2) is 14.7. The number of nitrogens with zero attached hydrogens (tertiary/aromatic N) is 2. The summed E-state index contributed by atoms with van der Waals surface area (Å²) in [4.78, 5) is 27.8. The third kappa shape index (κ3) is 8.15. The van der Waals surface area contributed by atoms with Gasteiger partial charge in [-0.3, -0.25) is 9.59 Å². The zero-order valence-corrected chi connectivity index (χ0v) is 25.8. The van der Waals surface area contributed by atoms with Crippen LogP contribution in [0.2, 0.25) is 0 Å². The molecule has 1 aliphatic rings. The van der Waals surface area contributed by atoms with Gasteiger partial charge in [-0.1, -0.05) is 78.5 Å². The summed E-state index contributed by atoms with van der Waals surface area (Å²) in [7, 11) is 1.98. The Labute approximate surface area is 261 Å². The summed E-state index contributed by atoms with van der Waals surface area (Å²) in [5, 5.41) is 13.2. The number of carbonyl (C=O) groups is 2. The van der Waals surface area contributed by atoms with Gasteiger partial charge in [-0.05, 0) is 40.8 Å². The van der Waals surface area contributed by atoms with Crippen LogP contribution in [0.25, 0.3) is 11.1 Å². The van der Waals surface area contributed by atoms with E-state index in [9.17, 15) is 14.7 Å². The lowest BCUT2D eigenvalue weighted by atomic mass is 9.99. The number of carbonyl (C=O) groups excluding carboxylic acids is 2. The number of aliphatic hydroxyl groups is 1. The fraction of sp³-hybridized carbons (Fsp3) is 0.324. The SMILES string of the molecule is CC(=O)O[C@@H](C)C(=O)NCc1cccc(-c2ccc([C@@H]3O[C@H](CSc4nccn4C)C[C@H](c4ccc(CO)cc4)O3)cc2)c1. The normalized spacial score (nSPS) is 18.9. The molecule has 4 atom stereocenters. The fourth-order valence-corrected chi connectivity index (χ4v) is 5.96. The van der Waals surface area contributed by atoms with Crippen molar-refractivity contribution >= 4 is 23.6 Å². The van der Waals surface area contributed by atoms with Crippen molar-refractivity contribution < 1.29 is 28.9 Å². The predicted octanol–water partition coefficient (Wildman–Crippen LogP) is 5.48. The van der Waals surface area contributed by atoms with Crippen LogP contribution in [0, 0.1) is 0 Å². The van der Waals surface area contributed by atoms with Gasteiger partial charge in [0.2, 0.25) is 0 Å². The van der Waals surface area contributed by atoms with Crippen LogP contribution in [-0.2, 0) is 44.0 Å². The van der Waals surface area contributed by atoms with Crippen molar-refractivity contribution in [1.29, 1.82) is 0 Å². The van der Waals surface area contributed by atoms with Gasteiger partial charge in [0.1, 0.15) is 0 Å². The molecule has 3 aromatic carbocycles. The van der Waals surface area contributed by atoms with Crippen molar-refractivity contribution in [2.45, 2.75) is 63.2 Å². The lowest BCUT2D eigenvalue weighted by Crippen LogP contribution is -2.35. The molecule has 0 saturated carbocycles. The smallest absolute Gasteiger partial charge is 0.303 e. The minimum absolute atomic E-state index is 0.000346. The first-order chi connectivity index (χ1) is 21.3. The maximum atomic E-state index is 12.2. The molecule has 9 nitrogen and oxygen atoms in total. The molecule has 0 spiro atoms. The molecule has 0 unspecified atom stereocenters. The van der Waals surface area contributed by atoms with Crippen LogP contribution < -0.4 is 5.32 Å². The Kier molecular flexibility index (Phi) is 10.5. The number of hydrogen-bond acceptors (Lipinski definition) is 8. The van der Waals surface area contributed by atoms with E-state index in [0.29, 0.717) is 13.0 Å². The van der Waals surface area contributed by atoms with E-state index in [-0.39, 0.29) is 24.7 Å². The summed E-state index contributed by atoms with van der Waals surface area (Å²) >= 11 is 1.66. The number of benzene rings is 3. The Balaban J connectivity index is 1.28.